The number of aryl methyl sites for hydroxylation is 2. The monoisotopic (exact) mass is 305 g/mol. The van der Waals surface area contributed by atoms with Crippen LogP contribution in [0, 0.1) is 13.8 Å². The van der Waals surface area contributed by atoms with Crippen molar-refractivity contribution >= 4 is 10.0 Å². The standard InChI is InChI=1S/C16H19NO3S/c1-13-6-5-8-15(12-13)21(18,19)17-10-11-20-16-9-4-3-7-14(16)2/h3-9,12,17H,10-11H2,1-2H3. The second-order valence-corrected chi connectivity index (χ2v) is 6.60. The van der Waals surface area contributed by atoms with Gasteiger partial charge in [-0.05, 0) is 43.2 Å². The van der Waals surface area contributed by atoms with Gasteiger partial charge in [0.05, 0.1) is 4.90 Å². The van der Waals surface area contributed by atoms with Crippen LogP contribution < -0.4 is 9.46 Å². The fourth-order valence-electron chi connectivity index (χ4n) is 1.92. The molecule has 0 aliphatic heterocycles. The Hall–Kier alpha value is -1.85. The van der Waals surface area contributed by atoms with E-state index in [0.29, 0.717) is 0 Å². The first-order chi connectivity index (χ1) is 9.99. The van der Waals surface area contributed by atoms with Crippen LogP contribution >= 0.6 is 0 Å². The topological polar surface area (TPSA) is 55.4 Å². The zero-order valence-electron chi connectivity index (χ0n) is 12.2. The Kier molecular flexibility index (Phi) is 4.98. The summed E-state index contributed by atoms with van der Waals surface area (Å²) in [6, 6.07) is 14.5. The molecule has 0 aliphatic carbocycles. The van der Waals surface area contributed by atoms with E-state index in [9.17, 15) is 8.42 Å². The van der Waals surface area contributed by atoms with Gasteiger partial charge in [-0.1, -0.05) is 30.3 Å². The lowest BCUT2D eigenvalue weighted by Crippen LogP contribution is -2.28. The minimum Gasteiger partial charge on any atom is -0.492 e. The minimum atomic E-state index is -3.48. The second kappa shape index (κ2) is 6.74. The van der Waals surface area contributed by atoms with E-state index in [0.717, 1.165) is 16.9 Å². The lowest BCUT2D eigenvalue weighted by atomic mass is 10.2. The molecule has 0 heterocycles. The van der Waals surface area contributed by atoms with Gasteiger partial charge < -0.3 is 4.74 Å². The van der Waals surface area contributed by atoms with Gasteiger partial charge in [-0.2, -0.15) is 0 Å². The Labute approximate surface area is 125 Å². The van der Waals surface area contributed by atoms with Crippen molar-refractivity contribution in [3.63, 3.8) is 0 Å². The number of nitrogens with one attached hydrogen (secondary N) is 1. The summed E-state index contributed by atoms with van der Waals surface area (Å²) in [7, 11) is -3.48. The SMILES string of the molecule is Cc1cccc(S(=O)(=O)NCCOc2ccccc2C)c1. The molecule has 0 unspecified atom stereocenters. The van der Waals surface area contributed by atoms with Crippen LogP contribution in [-0.2, 0) is 10.0 Å². The van der Waals surface area contributed by atoms with Crippen LogP contribution in [0.2, 0.25) is 0 Å². The van der Waals surface area contributed by atoms with Gasteiger partial charge in [0.2, 0.25) is 10.0 Å². The molecule has 0 saturated heterocycles. The molecular formula is C16H19NO3S. The molecule has 1 N–H and O–H groups in total. The predicted octanol–water partition coefficient (Wildman–Crippen LogP) is 2.66. The molecule has 0 atom stereocenters. The van der Waals surface area contributed by atoms with Crippen molar-refractivity contribution in [2.45, 2.75) is 18.7 Å². The van der Waals surface area contributed by atoms with Gasteiger partial charge in [0, 0.05) is 6.54 Å². The van der Waals surface area contributed by atoms with E-state index in [1.807, 2.05) is 44.2 Å². The number of hydrogen-bond donors (Lipinski definition) is 1. The number of benzene rings is 2. The predicted molar refractivity (Wildman–Crippen MR) is 83.0 cm³/mol. The third-order valence-corrected chi connectivity index (χ3v) is 4.50. The van der Waals surface area contributed by atoms with Crippen LogP contribution in [0.3, 0.4) is 0 Å². The molecule has 0 aromatic heterocycles. The lowest BCUT2D eigenvalue weighted by molar-refractivity contribution is 0.320. The highest BCUT2D eigenvalue weighted by atomic mass is 32.2. The number of para-hydroxylation sites is 1. The quantitative estimate of drug-likeness (QED) is 0.835. The van der Waals surface area contributed by atoms with Crippen molar-refractivity contribution in [2.24, 2.45) is 0 Å². The maximum Gasteiger partial charge on any atom is 0.240 e. The lowest BCUT2D eigenvalue weighted by Gasteiger charge is -2.10. The molecule has 0 spiro atoms. The van der Waals surface area contributed by atoms with Gasteiger partial charge in [0.1, 0.15) is 12.4 Å². The Morgan fingerprint density at radius 2 is 1.81 bits per heavy atom. The summed E-state index contributed by atoms with van der Waals surface area (Å²) in [5, 5.41) is 0. The van der Waals surface area contributed by atoms with Crippen LogP contribution in [0.15, 0.2) is 53.4 Å². The van der Waals surface area contributed by atoms with Crippen molar-refractivity contribution in [3.05, 3.63) is 59.7 Å². The van der Waals surface area contributed by atoms with E-state index in [4.69, 9.17) is 4.74 Å². The van der Waals surface area contributed by atoms with E-state index in [2.05, 4.69) is 4.72 Å². The van der Waals surface area contributed by atoms with Crippen molar-refractivity contribution < 1.29 is 13.2 Å². The van der Waals surface area contributed by atoms with Crippen molar-refractivity contribution in [1.82, 2.24) is 4.72 Å². The van der Waals surface area contributed by atoms with E-state index in [1.165, 1.54) is 0 Å². The molecular weight excluding hydrogens is 286 g/mol. The molecule has 2 aromatic carbocycles. The molecule has 112 valence electrons. The second-order valence-electron chi connectivity index (χ2n) is 4.83. The first kappa shape index (κ1) is 15.5. The van der Waals surface area contributed by atoms with Crippen LogP contribution in [0.5, 0.6) is 5.75 Å². The molecule has 0 amide bonds. The summed E-state index contributed by atoms with van der Waals surface area (Å²) in [6.45, 7) is 4.33. The number of sulfonamides is 1. The number of ether oxygens (including phenoxy) is 1. The van der Waals surface area contributed by atoms with Gasteiger partial charge in [-0.25, -0.2) is 13.1 Å². The molecule has 21 heavy (non-hydrogen) atoms. The molecule has 0 radical (unpaired) electrons. The number of rotatable bonds is 6. The van der Waals surface area contributed by atoms with E-state index >= 15 is 0 Å². The third-order valence-electron chi connectivity index (χ3n) is 3.05. The van der Waals surface area contributed by atoms with Crippen LogP contribution in [-0.4, -0.2) is 21.6 Å². The van der Waals surface area contributed by atoms with Gasteiger partial charge in [-0.3, -0.25) is 0 Å². The van der Waals surface area contributed by atoms with Gasteiger partial charge in [-0.15, -0.1) is 0 Å². The van der Waals surface area contributed by atoms with Crippen molar-refractivity contribution in [2.75, 3.05) is 13.2 Å². The average Bonchev–Trinajstić information content (AvgIpc) is 2.45. The third kappa shape index (κ3) is 4.31. The molecule has 2 aromatic rings. The van der Waals surface area contributed by atoms with E-state index < -0.39 is 10.0 Å². The normalized spacial score (nSPS) is 11.3. The Balaban J connectivity index is 1.90. The molecule has 4 nitrogen and oxygen atoms in total. The molecule has 5 heteroatoms. The summed E-state index contributed by atoms with van der Waals surface area (Å²) in [4.78, 5) is 0.276. The Morgan fingerprint density at radius 3 is 2.52 bits per heavy atom. The first-order valence-electron chi connectivity index (χ1n) is 6.74. The van der Waals surface area contributed by atoms with E-state index in [1.54, 1.807) is 18.2 Å². The van der Waals surface area contributed by atoms with Crippen LogP contribution in [0.1, 0.15) is 11.1 Å². The highest BCUT2D eigenvalue weighted by Gasteiger charge is 2.13. The highest BCUT2D eigenvalue weighted by Crippen LogP contribution is 2.16. The minimum absolute atomic E-state index is 0.227. The summed E-state index contributed by atoms with van der Waals surface area (Å²) >= 11 is 0. The fourth-order valence-corrected chi connectivity index (χ4v) is 3.04. The molecule has 0 bridgehead atoms. The van der Waals surface area contributed by atoms with Crippen LogP contribution in [0.25, 0.3) is 0 Å². The highest BCUT2D eigenvalue weighted by molar-refractivity contribution is 7.89. The van der Waals surface area contributed by atoms with Crippen LogP contribution in [0.4, 0.5) is 0 Å². The van der Waals surface area contributed by atoms with Gasteiger partial charge in [0.25, 0.3) is 0 Å². The number of hydrogen-bond acceptors (Lipinski definition) is 3. The zero-order valence-corrected chi connectivity index (χ0v) is 13.0. The smallest absolute Gasteiger partial charge is 0.240 e. The zero-order chi connectivity index (χ0) is 15.3. The summed E-state index contributed by atoms with van der Waals surface area (Å²) in [5.41, 5.74) is 1.94. The largest absolute Gasteiger partial charge is 0.492 e. The molecule has 2 rings (SSSR count). The average molecular weight is 305 g/mol. The first-order valence-corrected chi connectivity index (χ1v) is 8.22. The van der Waals surface area contributed by atoms with E-state index in [-0.39, 0.29) is 18.0 Å². The maximum atomic E-state index is 12.1. The molecule has 0 fully saturated rings. The summed E-state index contributed by atoms with van der Waals surface area (Å²) in [6.07, 6.45) is 0. The Bertz CT molecular complexity index is 711. The van der Waals surface area contributed by atoms with Crippen molar-refractivity contribution in [3.8, 4) is 5.75 Å². The molecule has 0 aliphatic rings. The van der Waals surface area contributed by atoms with Gasteiger partial charge in [0.15, 0.2) is 0 Å². The molecule has 0 saturated carbocycles. The maximum absolute atomic E-state index is 12.1. The summed E-state index contributed by atoms with van der Waals surface area (Å²) in [5.74, 6) is 0.771. The van der Waals surface area contributed by atoms with Gasteiger partial charge >= 0.3 is 0 Å². The van der Waals surface area contributed by atoms with Crippen molar-refractivity contribution in [1.29, 1.82) is 0 Å². The fraction of sp³-hybridized carbons (Fsp3) is 0.250. The summed E-state index contributed by atoms with van der Waals surface area (Å²) < 4.78 is 32.3. The Morgan fingerprint density at radius 1 is 1.05 bits per heavy atom.